The first kappa shape index (κ1) is 18.8. The highest BCUT2D eigenvalue weighted by Gasteiger charge is 2.25. The standard InChI is InChI=1S/C19H21N3O2.ClH/c1-13-4-9-17(14(2)10-13)21-19-20-11-18(23)22(19)12-15-5-7-16(24-3)8-6-15;/h4-10H,11-12H2,1-3H3,(H,20,21);1H/p-1. The Hall–Kier alpha value is -2.53. The first-order chi connectivity index (χ1) is 11.6. The van der Waals surface area contributed by atoms with E-state index >= 15 is 0 Å². The number of nitrogens with zero attached hydrogens (tertiary/aromatic N) is 2. The van der Waals surface area contributed by atoms with Gasteiger partial charge in [-0.3, -0.25) is 9.69 Å². The number of aryl methyl sites for hydroxylation is 2. The predicted octanol–water partition coefficient (Wildman–Crippen LogP) is 0.126. The van der Waals surface area contributed by atoms with Crippen molar-refractivity contribution in [2.24, 2.45) is 4.99 Å². The summed E-state index contributed by atoms with van der Waals surface area (Å²) >= 11 is 0. The van der Waals surface area contributed by atoms with Gasteiger partial charge in [-0.15, -0.1) is 0 Å². The summed E-state index contributed by atoms with van der Waals surface area (Å²) in [6.07, 6.45) is 0. The van der Waals surface area contributed by atoms with Gasteiger partial charge in [-0.05, 0) is 43.2 Å². The highest BCUT2D eigenvalue weighted by atomic mass is 35.5. The largest absolute Gasteiger partial charge is 1.00 e. The second kappa shape index (κ2) is 8.03. The molecule has 2 aromatic rings. The van der Waals surface area contributed by atoms with E-state index in [4.69, 9.17) is 4.74 Å². The Bertz CT molecular complexity index is 788. The van der Waals surface area contributed by atoms with Crippen molar-refractivity contribution < 1.29 is 21.9 Å². The number of carbonyl (C=O) groups excluding carboxylic acids is 1. The van der Waals surface area contributed by atoms with Gasteiger partial charge in [0.05, 0.1) is 13.7 Å². The number of aliphatic imine (C=N–C) groups is 1. The summed E-state index contributed by atoms with van der Waals surface area (Å²) in [4.78, 5) is 18.2. The van der Waals surface area contributed by atoms with Gasteiger partial charge in [0.15, 0.2) is 0 Å². The second-order valence-electron chi connectivity index (χ2n) is 5.91. The second-order valence-corrected chi connectivity index (χ2v) is 5.91. The van der Waals surface area contributed by atoms with Gasteiger partial charge in [-0.1, -0.05) is 29.8 Å². The van der Waals surface area contributed by atoms with Crippen molar-refractivity contribution in [3.8, 4) is 5.75 Å². The number of rotatable bonds is 4. The van der Waals surface area contributed by atoms with Crippen molar-refractivity contribution in [1.82, 2.24) is 4.90 Å². The maximum atomic E-state index is 12.2. The molecule has 3 rings (SSSR count). The fraction of sp³-hybridized carbons (Fsp3) is 0.263. The SMILES string of the molecule is COc1ccc(CN2C(=O)CN=C2Nc2ccc(C)cc2C)cc1.[Cl-]. The van der Waals surface area contributed by atoms with Crippen LogP contribution in [0.5, 0.6) is 5.75 Å². The van der Waals surface area contributed by atoms with Crippen LogP contribution in [0.1, 0.15) is 16.7 Å². The zero-order valence-electron chi connectivity index (χ0n) is 14.5. The molecule has 1 N–H and O–H groups in total. The fourth-order valence-electron chi connectivity index (χ4n) is 2.69. The third-order valence-corrected chi connectivity index (χ3v) is 4.05. The Morgan fingerprint density at radius 3 is 2.52 bits per heavy atom. The number of amides is 1. The normalized spacial score (nSPS) is 13.3. The van der Waals surface area contributed by atoms with Crippen LogP contribution in [0, 0.1) is 13.8 Å². The quantitative estimate of drug-likeness (QED) is 0.845. The third-order valence-electron chi connectivity index (χ3n) is 4.05. The molecule has 25 heavy (non-hydrogen) atoms. The van der Waals surface area contributed by atoms with Crippen molar-refractivity contribution in [2.45, 2.75) is 20.4 Å². The van der Waals surface area contributed by atoms with Crippen molar-refractivity contribution in [1.29, 1.82) is 0 Å². The number of anilines is 1. The lowest BCUT2D eigenvalue weighted by Crippen LogP contribution is -3.00. The van der Waals surface area contributed by atoms with Crippen LogP contribution in [0.25, 0.3) is 0 Å². The molecule has 1 heterocycles. The molecule has 0 aromatic heterocycles. The lowest BCUT2D eigenvalue weighted by molar-refractivity contribution is -0.125. The third kappa shape index (κ3) is 4.31. The van der Waals surface area contributed by atoms with Crippen LogP contribution in [0.15, 0.2) is 47.5 Å². The van der Waals surface area contributed by atoms with E-state index in [1.54, 1.807) is 12.0 Å². The lowest BCUT2D eigenvalue weighted by Gasteiger charge is -2.20. The molecule has 2 aromatic carbocycles. The van der Waals surface area contributed by atoms with Crippen molar-refractivity contribution >= 4 is 17.6 Å². The van der Waals surface area contributed by atoms with E-state index in [2.05, 4.69) is 23.3 Å². The molecular weight excluding hydrogens is 338 g/mol. The van der Waals surface area contributed by atoms with Crippen LogP contribution in [0.4, 0.5) is 5.69 Å². The topological polar surface area (TPSA) is 53.9 Å². The van der Waals surface area contributed by atoms with Crippen molar-refractivity contribution in [3.63, 3.8) is 0 Å². The number of nitrogens with one attached hydrogen (secondary N) is 1. The molecule has 0 aliphatic carbocycles. The summed E-state index contributed by atoms with van der Waals surface area (Å²) in [7, 11) is 1.64. The van der Waals surface area contributed by atoms with Crippen molar-refractivity contribution in [3.05, 3.63) is 59.2 Å². The minimum atomic E-state index is -0.00178. The van der Waals surface area contributed by atoms with E-state index in [1.807, 2.05) is 43.3 Å². The first-order valence-corrected chi connectivity index (χ1v) is 7.89. The molecule has 0 saturated heterocycles. The fourth-order valence-corrected chi connectivity index (χ4v) is 2.69. The zero-order chi connectivity index (χ0) is 17.1. The number of carbonyl (C=O) groups is 1. The zero-order valence-corrected chi connectivity index (χ0v) is 15.3. The summed E-state index contributed by atoms with van der Waals surface area (Å²) in [5.74, 6) is 1.40. The Morgan fingerprint density at radius 2 is 1.88 bits per heavy atom. The van der Waals surface area contributed by atoms with Crippen LogP contribution < -0.4 is 22.5 Å². The number of benzene rings is 2. The Labute approximate surface area is 154 Å². The van der Waals surface area contributed by atoms with E-state index < -0.39 is 0 Å². The maximum absolute atomic E-state index is 12.2. The number of methoxy groups -OCH3 is 1. The van der Waals surface area contributed by atoms with Gasteiger partial charge in [0.25, 0.3) is 5.91 Å². The molecule has 0 saturated carbocycles. The van der Waals surface area contributed by atoms with Crippen LogP contribution in [0.3, 0.4) is 0 Å². The summed E-state index contributed by atoms with van der Waals surface area (Å²) in [5.41, 5.74) is 4.33. The molecule has 0 unspecified atom stereocenters. The molecule has 0 atom stereocenters. The number of hydrogen-bond donors (Lipinski definition) is 1. The van der Waals surface area contributed by atoms with Crippen molar-refractivity contribution in [2.75, 3.05) is 19.0 Å². The average molecular weight is 359 g/mol. The van der Waals surface area contributed by atoms with E-state index in [9.17, 15) is 4.79 Å². The summed E-state index contributed by atoms with van der Waals surface area (Å²) in [5, 5.41) is 3.29. The molecule has 0 bridgehead atoms. The van der Waals surface area contributed by atoms with Crippen LogP contribution >= 0.6 is 0 Å². The Kier molecular flexibility index (Phi) is 6.04. The van der Waals surface area contributed by atoms with Crippen LogP contribution in [0.2, 0.25) is 0 Å². The van der Waals surface area contributed by atoms with Gasteiger partial charge >= 0.3 is 0 Å². The van der Waals surface area contributed by atoms with E-state index in [0.29, 0.717) is 12.5 Å². The van der Waals surface area contributed by atoms with E-state index in [1.165, 1.54) is 5.56 Å². The van der Waals surface area contributed by atoms with Crippen LogP contribution in [-0.2, 0) is 11.3 Å². The molecule has 1 aliphatic rings. The summed E-state index contributed by atoms with van der Waals surface area (Å²) in [6.45, 7) is 4.77. The highest BCUT2D eigenvalue weighted by molar-refractivity contribution is 6.09. The molecule has 1 amide bonds. The minimum absolute atomic E-state index is 0. The molecule has 0 spiro atoms. The first-order valence-electron chi connectivity index (χ1n) is 7.89. The Morgan fingerprint density at radius 1 is 1.16 bits per heavy atom. The van der Waals surface area contributed by atoms with E-state index in [-0.39, 0.29) is 24.9 Å². The lowest BCUT2D eigenvalue weighted by atomic mass is 10.1. The number of ether oxygens (including phenoxy) is 1. The van der Waals surface area contributed by atoms with Gasteiger partial charge in [-0.2, -0.15) is 0 Å². The summed E-state index contributed by atoms with van der Waals surface area (Å²) in [6, 6.07) is 13.9. The molecular formula is C19H21ClN3O2-. The Balaban J connectivity index is 0.00000225. The number of hydrogen-bond acceptors (Lipinski definition) is 4. The molecule has 0 fully saturated rings. The maximum Gasteiger partial charge on any atom is 0.251 e. The highest BCUT2D eigenvalue weighted by Crippen LogP contribution is 2.20. The molecule has 132 valence electrons. The average Bonchev–Trinajstić information content (AvgIpc) is 2.91. The van der Waals surface area contributed by atoms with Gasteiger partial charge in [-0.25, -0.2) is 4.99 Å². The van der Waals surface area contributed by atoms with Gasteiger partial charge in [0.2, 0.25) is 5.96 Å². The number of halogens is 1. The van der Waals surface area contributed by atoms with Gasteiger partial charge in [0.1, 0.15) is 12.3 Å². The molecule has 0 radical (unpaired) electrons. The molecule has 5 nitrogen and oxygen atoms in total. The molecule has 6 heteroatoms. The van der Waals surface area contributed by atoms with Gasteiger partial charge < -0.3 is 22.5 Å². The molecule has 1 aliphatic heterocycles. The smallest absolute Gasteiger partial charge is 0.251 e. The van der Waals surface area contributed by atoms with E-state index in [0.717, 1.165) is 22.6 Å². The summed E-state index contributed by atoms with van der Waals surface area (Å²) < 4.78 is 5.17. The van der Waals surface area contributed by atoms with Gasteiger partial charge in [0, 0.05) is 5.69 Å². The minimum Gasteiger partial charge on any atom is -1.00 e. The monoisotopic (exact) mass is 358 g/mol. The predicted molar refractivity (Wildman–Crippen MR) is 95.4 cm³/mol. The number of guanidine groups is 1. The van der Waals surface area contributed by atoms with Crippen LogP contribution in [-0.4, -0.2) is 30.4 Å².